The van der Waals surface area contributed by atoms with Crippen LogP contribution in [0.1, 0.15) is 67.2 Å². The van der Waals surface area contributed by atoms with Crippen molar-refractivity contribution in [2.75, 3.05) is 66.0 Å². The van der Waals surface area contributed by atoms with Crippen LogP contribution in [0, 0.1) is 0 Å². The van der Waals surface area contributed by atoms with Crippen LogP contribution in [-0.4, -0.2) is 86.0 Å². The van der Waals surface area contributed by atoms with E-state index in [9.17, 15) is 4.79 Å². The second kappa shape index (κ2) is 20.7. The molecule has 44 heavy (non-hydrogen) atoms. The van der Waals surface area contributed by atoms with Gasteiger partial charge in [0.25, 0.3) is 8.32 Å². The Balaban J connectivity index is 1.47. The molecular weight excluding hydrogens is 574 g/mol. The summed E-state index contributed by atoms with van der Waals surface area (Å²) in [7, 11) is -2.44. The molecule has 0 bridgehead atoms. The Labute approximate surface area is 267 Å². The lowest BCUT2D eigenvalue weighted by atomic mass is 10.2. The molecular formula is C35H57NO7Si. The molecule has 0 aliphatic heterocycles. The Kier molecular flexibility index (Phi) is 17.8. The highest BCUT2D eigenvalue weighted by Crippen LogP contribution is 2.36. The van der Waals surface area contributed by atoms with E-state index >= 15 is 0 Å². The molecule has 8 nitrogen and oxygen atoms in total. The number of unbranched alkanes of at least 4 members (excludes halogenated alkanes) is 3. The predicted molar refractivity (Wildman–Crippen MR) is 180 cm³/mol. The summed E-state index contributed by atoms with van der Waals surface area (Å²) in [5, 5.41) is 5.32. The number of hydrogen-bond donors (Lipinski definition) is 1. The number of rotatable bonds is 22. The molecule has 1 amide bonds. The Bertz CT molecular complexity index is 970. The zero-order chi connectivity index (χ0) is 32.2. The van der Waals surface area contributed by atoms with Gasteiger partial charge in [0, 0.05) is 19.8 Å². The number of carbonyl (C=O) groups excluding carboxylic acids is 1. The molecule has 2 aromatic carbocycles. The fourth-order valence-corrected chi connectivity index (χ4v) is 9.55. The van der Waals surface area contributed by atoms with Gasteiger partial charge in [-0.2, -0.15) is 0 Å². The van der Waals surface area contributed by atoms with Crippen molar-refractivity contribution < 1.29 is 32.9 Å². The maximum Gasteiger partial charge on any atom is 0.407 e. The molecule has 9 heteroatoms. The maximum atomic E-state index is 11.5. The van der Waals surface area contributed by atoms with Crippen molar-refractivity contribution in [3.8, 4) is 0 Å². The second-order valence-corrected chi connectivity index (χ2v) is 17.1. The molecule has 0 atom stereocenters. The molecule has 0 aliphatic rings. The summed E-state index contributed by atoms with van der Waals surface area (Å²) in [5.74, 6) is 0. The lowest BCUT2D eigenvalue weighted by molar-refractivity contribution is -0.00215. The third-order valence-electron chi connectivity index (χ3n) is 6.95. The highest BCUT2D eigenvalue weighted by Gasteiger charge is 2.49. The summed E-state index contributed by atoms with van der Waals surface area (Å²) in [5.41, 5.74) is -0.502. The van der Waals surface area contributed by atoms with Gasteiger partial charge in [-0.05, 0) is 49.0 Å². The van der Waals surface area contributed by atoms with Gasteiger partial charge in [0.1, 0.15) is 5.60 Å². The van der Waals surface area contributed by atoms with Gasteiger partial charge in [-0.15, -0.1) is 0 Å². The minimum Gasteiger partial charge on any atom is -0.444 e. The summed E-state index contributed by atoms with van der Waals surface area (Å²) < 4.78 is 34.4. The molecule has 0 saturated carbocycles. The van der Waals surface area contributed by atoms with E-state index in [4.69, 9.17) is 28.1 Å². The molecule has 0 spiro atoms. The van der Waals surface area contributed by atoms with Gasteiger partial charge in [-0.3, -0.25) is 0 Å². The predicted octanol–water partition coefficient (Wildman–Crippen LogP) is 5.71. The molecule has 0 aliphatic carbocycles. The number of alkyl carbamates (subject to hydrolysis) is 1. The van der Waals surface area contributed by atoms with E-state index in [1.165, 1.54) is 10.4 Å². The van der Waals surface area contributed by atoms with E-state index in [0.29, 0.717) is 52.8 Å². The van der Waals surface area contributed by atoms with Crippen LogP contribution in [0.3, 0.4) is 0 Å². The van der Waals surface area contributed by atoms with Gasteiger partial charge in [-0.25, -0.2) is 4.79 Å². The number of nitrogens with one attached hydrogen (secondary N) is 1. The minimum absolute atomic E-state index is 0.00953. The third-order valence-corrected chi connectivity index (χ3v) is 12.0. The molecule has 0 aromatic heterocycles. The lowest BCUT2D eigenvalue weighted by Gasteiger charge is -2.43. The summed E-state index contributed by atoms with van der Waals surface area (Å²) >= 11 is 0. The largest absolute Gasteiger partial charge is 0.444 e. The molecule has 0 unspecified atom stereocenters. The first-order valence-corrected chi connectivity index (χ1v) is 18.0. The van der Waals surface area contributed by atoms with Crippen LogP contribution in [0.25, 0.3) is 0 Å². The van der Waals surface area contributed by atoms with Crippen molar-refractivity contribution in [3.05, 3.63) is 60.7 Å². The van der Waals surface area contributed by atoms with Crippen molar-refractivity contribution in [2.45, 2.75) is 77.9 Å². The van der Waals surface area contributed by atoms with Crippen LogP contribution in [0.5, 0.6) is 0 Å². The highest BCUT2D eigenvalue weighted by molar-refractivity contribution is 6.99. The zero-order valence-corrected chi connectivity index (χ0v) is 29.0. The molecule has 2 rings (SSSR count). The van der Waals surface area contributed by atoms with Crippen molar-refractivity contribution in [1.29, 1.82) is 0 Å². The summed E-state index contributed by atoms with van der Waals surface area (Å²) in [6, 6.07) is 21.6. The first kappa shape index (κ1) is 37.9. The second-order valence-electron chi connectivity index (χ2n) is 12.8. The Morgan fingerprint density at radius 1 is 0.591 bits per heavy atom. The first-order valence-electron chi connectivity index (χ1n) is 16.1. The van der Waals surface area contributed by atoms with Gasteiger partial charge in [0.05, 0.1) is 46.2 Å². The smallest absolute Gasteiger partial charge is 0.407 e. The molecule has 0 saturated heterocycles. The Morgan fingerprint density at radius 3 is 1.48 bits per heavy atom. The lowest BCUT2D eigenvalue weighted by Crippen LogP contribution is -2.66. The number of carbonyl (C=O) groups is 1. The van der Waals surface area contributed by atoms with E-state index in [2.05, 4.69) is 86.8 Å². The fraction of sp³-hybridized carbons (Fsp3) is 0.629. The average molecular weight is 632 g/mol. The van der Waals surface area contributed by atoms with Gasteiger partial charge < -0.3 is 33.4 Å². The number of ether oxygens (including phenoxy) is 5. The standard InChI is InChI=1S/C35H57NO7Si/c1-34(2,3)43-33(37)36-21-24-39-26-28-41-30-29-40-27-25-38-22-15-7-8-16-23-42-44(35(4,5)6,31-17-11-9-12-18-31)32-19-13-10-14-20-32/h9-14,17-20H,7-8,15-16,21-30H2,1-6H3,(H,36,37). The molecule has 0 fully saturated rings. The number of amides is 1. The average Bonchev–Trinajstić information content (AvgIpc) is 2.97. The van der Waals surface area contributed by atoms with E-state index in [1.54, 1.807) is 0 Å². The molecule has 0 heterocycles. The number of hydrogen-bond acceptors (Lipinski definition) is 7. The van der Waals surface area contributed by atoms with Crippen LogP contribution >= 0.6 is 0 Å². The zero-order valence-electron chi connectivity index (χ0n) is 28.0. The Hall–Kier alpha value is -2.27. The van der Waals surface area contributed by atoms with Crippen LogP contribution in [0.15, 0.2) is 60.7 Å². The van der Waals surface area contributed by atoms with E-state index in [-0.39, 0.29) is 5.04 Å². The normalized spacial score (nSPS) is 12.3. The van der Waals surface area contributed by atoms with E-state index in [0.717, 1.165) is 38.9 Å². The third kappa shape index (κ3) is 14.7. The quantitative estimate of drug-likeness (QED) is 0.132. The molecule has 0 radical (unpaired) electrons. The van der Waals surface area contributed by atoms with Gasteiger partial charge in [0.15, 0.2) is 0 Å². The van der Waals surface area contributed by atoms with Crippen molar-refractivity contribution in [1.82, 2.24) is 5.32 Å². The summed E-state index contributed by atoms with van der Waals surface area (Å²) in [6.07, 6.45) is 3.89. The van der Waals surface area contributed by atoms with Gasteiger partial charge in [0.2, 0.25) is 0 Å². The van der Waals surface area contributed by atoms with Gasteiger partial charge in [-0.1, -0.05) is 94.3 Å². The van der Waals surface area contributed by atoms with Crippen LogP contribution in [-0.2, 0) is 28.1 Å². The number of benzene rings is 2. The highest BCUT2D eigenvalue weighted by atomic mass is 28.4. The summed E-state index contributed by atoms with van der Waals surface area (Å²) in [4.78, 5) is 11.5. The molecule has 1 N–H and O–H groups in total. The topological polar surface area (TPSA) is 84.5 Å². The van der Waals surface area contributed by atoms with E-state index in [1.807, 2.05) is 20.8 Å². The Morgan fingerprint density at radius 2 is 1.02 bits per heavy atom. The van der Waals surface area contributed by atoms with Crippen molar-refractivity contribution in [3.63, 3.8) is 0 Å². The van der Waals surface area contributed by atoms with Gasteiger partial charge >= 0.3 is 6.09 Å². The summed E-state index contributed by atoms with van der Waals surface area (Å²) in [6.45, 7) is 17.9. The monoisotopic (exact) mass is 631 g/mol. The van der Waals surface area contributed by atoms with E-state index < -0.39 is 20.0 Å². The van der Waals surface area contributed by atoms with Crippen molar-refractivity contribution in [2.24, 2.45) is 0 Å². The van der Waals surface area contributed by atoms with Crippen LogP contribution in [0.2, 0.25) is 5.04 Å². The maximum absolute atomic E-state index is 11.5. The molecule has 248 valence electrons. The van der Waals surface area contributed by atoms with Crippen molar-refractivity contribution >= 4 is 24.8 Å². The SMILES string of the molecule is CC(C)(C)OC(=O)NCCOCCOCCOCCOCCCCCCO[Si](c1ccccc1)(c1ccccc1)C(C)(C)C. The minimum atomic E-state index is -2.44. The first-order chi connectivity index (χ1) is 21.1. The van der Waals surface area contributed by atoms with Crippen LogP contribution in [0.4, 0.5) is 4.79 Å². The fourth-order valence-electron chi connectivity index (χ4n) is 4.95. The molecule has 2 aromatic rings. The van der Waals surface area contributed by atoms with Crippen LogP contribution < -0.4 is 15.7 Å².